The van der Waals surface area contributed by atoms with Gasteiger partial charge in [0.2, 0.25) is 0 Å². The van der Waals surface area contributed by atoms with Crippen molar-refractivity contribution in [2.75, 3.05) is 6.61 Å². The van der Waals surface area contributed by atoms with E-state index >= 15 is 0 Å². The Labute approximate surface area is 115 Å². The molecule has 0 aromatic heterocycles. The molecular formula is C14H19F3O3. The van der Waals surface area contributed by atoms with Crippen LogP contribution in [0.1, 0.15) is 32.6 Å². The van der Waals surface area contributed by atoms with E-state index in [1.165, 1.54) is 6.92 Å². The van der Waals surface area contributed by atoms with E-state index in [9.17, 15) is 23.1 Å². The second-order valence-corrected chi connectivity index (χ2v) is 6.04. The van der Waals surface area contributed by atoms with E-state index in [2.05, 4.69) is 6.58 Å². The summed E-state index contributed by atoms with van der Waals surface area (Å²) in [7, 11) is 0. The van der Waals surface area contributed by atoms with Gasteiger partial charge in [0.05, 0.1) is 6.61 Å². The second-order valence-electron chi connectivity index (χ2n) is 6.04. The fourth-order valence-electron chi connectivity index (χ4n) is 3.65. The largest absolute Gasteiger partial charge is 0.462 e. The van der Waals surface area contributed by atoms with Crippen LogP contribution < -0.4 is 0 Å². The van der Waals surface area contributed by atoms with Gasteiger partial charge in [0, 0.05) is 5.57 Å². The molecule has 114 valence electrons. The standard InChI is InChI=1S/C14H19F3O3/c1-8(2)12(18)20-4-3-10-5-9-6-11(10)13(19,7-9)14(15,16)17/h9-11,19H,1,3-7H2,2H3. The minimum Gasteiger partial charge on any atom is -0.462 e. The normalized spacial score (nSPS) is 36.1. The Kier molecular flexibility index (Phi) is 3.88. The summed E-state index contributed by atoms with van der Waals surface area (Å²) < 4.78 is 43.9. The lowest BCUT2D eigenvalue weighted by Crippen LogP contribution is -2.51. The Morgan fingerprint density at radius 2 is 2.10 bits per heavy atom. The third-order valence-corrected chi connectivity index (χ3v) is 4.57. The molecule has 2 fully saturated rings. The predicted octanol–water partition coefficient (Wildman–Crippen LogP) is 2.84. The van der Waals surface area contributed by atoms with Gasteiger partial charge in [-0.3, -0.25) is 0 Å². The molecule has 2 aliphatic carbocycles. The molecular weight excluding hydrogens is 273 g/mol. The van der Waals surface area contributed by atoms with E-state index in [0.29, 0.717) is 19.3 Å². The lowest BCUT2D eigenvalue weighted by molar-refractivity contribution is -0.282. The van der Waals surface area contributed by atoms with Crippen molar-refractivity contribution >= 4 is 5.97 Å². The molecule has 2 saturated carbocycles. The molecule has 0 saturated heterocycles. The van der Waals surface area contributed by atoms with Gasteiger partial charge in [0.1, 0.15) is 0 Å². The van der Waals surface area contributed by atoms with Crippen LogP contribution in [-0.2, 0) is 9.53 Å². The number of esters is 1. The average molecular weight is 292 g/mol. The van der Waals surface area contributed by atoms with E-state index in [4.69, 9.17) is 4.74 Å². The van der Waals surface area contributed by atoms with E-state index in [1.54, 1.807) is 0 Å². The van der Waals surface area contributed by atoms with Crippen LogP contribution in [0.5, 0.6) is 0 Å². The van der Waals surface area contributed by atoms with Crippen molar-refractivity contribution < 1.29 is 27.8 Å². The van der Waals surface area contributed by atoms with Gasteiger partial charge in [-0.2, -0.15) is 13.2 Å². The lowest BCUT2D eigenvalue weighted by Gasteiger charge is -2.38. The molecule has 1 N–H and O–H groups in total. The molecule has 0 amide bonds. The second kappa shape index (κ2) is 5.06. The van der Waals surface area contributed by atoms with E-state index < -0.39 is 23.7 Å². The molecule has 2 bridgehead atoms. The maximum atomic E-state index is 13.0. The number of aliphatic hydroxyl groups is 1. The smallest absolute Gasteiger partial charge is 0.417 e. The number of carbonyl (C=O) groups excluding carboxylic acids is 1. The molecule has 0 spiro atoms. The summed E-state index contributed by atoms with van der Waals surface area (Å²) in [6.07, 6.45) is -3.33. The molecule has 0 aromatic carbocycles. The van der Waals surface area contributed by atoms with Crippen molar-refractivity contribution in [2.45, 2.75) is 44.4 Å². The molecule has 0 aromatic rings. The number of halogens is 3. The molecule has 0 aliphatic heterocycles. The quantitative estimate of drug-likeness (QED) is 0.640. The molecule has 2 rings (SSSR count). The lowest BCUT2D eigenvalue weighted by atomic mass is 9.75. The van der Waals surface area contributed by atoms with E-state index in [1.807, 2.05) is 0 Å². The number of hydrogen-bond donors (Lipinski definition) is 1. The third-order valence-electron chi connectivity index (χ3n) is 4.57. The van der Waals surface area contributed by atoms with Gasteiger partial charge < -0.3 is 9.84 Å². The van der Waals surface area contributed by atoms with Crippen molar-refractivity contribution in [2.24, 2.45) is 17.8 Å². The van der Waals surface area contributed by atoms with Crippen molar-refractivity contribution in [3.63, 3.8) is 0 Å². The molecule has 4 atom stereocenters. The number of rotatable bonds is 4. The summed E-state index contributed by atoms with van der Waals surface area (Å²) in [5, 5.41) is 9.94. The Morgan fingerprint density at radius 3 is 2.60 bits per heavy atom. The fraction of sp³-hybridized carbons (Fsp3) is 0.786. The van der Waals surface area contributed by atoms with E-state index in [-0.39, 0.29) is 30.4 Å². The monoisotopic (exact) mass is 292 g/mol. The Bertz CT molecular complexity index is 418. The fourth-order valence-corrected chi connectivity index (χ4v) is 3.65. The van der Waals surface area contributed by atoms with Crippen molar-refractivity contribution in [3.8, 4) is 0 Å². The van der Waals surface area contributed by atoms with Crippen LogP contribution in [0.3, 0.4) is 0 Å². The summed E-state index contributed by atoms with van der Waals surface area (Å²) >= 11 is 0. The maximum absolute atomic E-state index is 13.0. The van der Waals surface area contributed by atoms with Crippen LogP contribution in [0.4, 0.5) is 13.2 Å². The molecule has 2 aliphatic rings. The number of alkyl halides is 3. The molecule has 4 unspecified atom stereocenters. The zero-order chi connectivity index (χ0) is 15.1. The summed E-state index contributed by atoms with van der Waals surface area (Å²) in [6.45, 7) is 5.03. The first kappa shape index (κ1) is 15.4. The van der Waals surface area contributed by atoms with Crippen LogP contribution >= 0.6 is 0 Å². The van der Waals surface area contributed by atoms with Crippen LogP contribution in [-0.4, -0.2) is 29.5 Å². The van der Waals surface area contributed by atoms with Crippen LogP contribution in [0.15, 0.2) is 12.2 Å². The minimum absolute atomic E-state index is 0.0755. The van der Waals surface area contributed by atoms with Crippen LogP contribution in [0.25, 0.3) is 0 Å². The number of fused-ring (bicyclic) bond motifs is 2. The Morgan fingerprint density at radius 1 is 1.45 bits per heavy atom. The first-order valence-corrected chi connectivity index (χ1v) is 6.77. The van der Waals surface area contributed by atoms with Crippen molar-refractivity contribution in [1.29, 1.82) is 0 Å². The number of ether oxygens (including phenoxy) is 1. The van der Waals surface area contributed by atoms with Gasteiger partial charge in [-0.1, -0.05) is 6.58 Å². The highest BCUT2D eigenvalue weighted by molar-refractivity contribution is 5.86. The SMILES string of the molecule is C=C(C)C(=O)OCCC1CC2CC1C(O)(C(F)(F)F)C2. The highest BCUT2D eigenvalue weighted by atomic mass is 19.4. The average Bonchev–Trinajstić information content (AvgIpc) is 2.84. The predicted molar refractivity (Wildman–Crippen MR) is 65.7 cm³/mol. The highest BCUT2D eigenvalue weighted by Crippen LogP contribution is 2.59. The first-order valence-electron chi connectivity index (χ1n) is 6.77. The van der Waals surface area contributed by atoms with Gasteiger partial charge in [0.25, 0.3) is 0 Å². The van der Waals surface area contributed by atoms with Gasteiger partial charge in [-0.15, -0.1) is 0 Å². The summed E-state index contributed by atoms with van der Waals surface area (Å²) in [5.41, 5.74) is -2.29. The number of carbonyl (C=O) groups is 1. The van der Waals surface area contributed by atoms with Gasteiger partial charge >= 0.3 is 12.1 Å². The molecule has 6 heteroatoms. The maximum Gasteiger partial charge on any atom is 0.417 e. The molecule has 0 radical (unpaired) electrons. The first-order chi connectivity index (χ1) is 9.15. The Balaban J connectivity index is 1.92. The van der Waals surface area contributed by atoms with Gasteiger partial charge in [0.15, 0.2) is 5.60 Å². The van der Waals surface area contributed by atoms with Gasteiger partial charge in [-0.05, 0) is 50.4 Å². The minimum atomic E-state index is -4.58. The highest BCUT2D eigenvalue weighted by Gasteiger charge is 2.66. The summed E-state index contributed by atoms with van der Waals surface area (Å²) in [5.74, 6) is -1.61. The van der Waals surface area contributed by atoms with Crippen LogP contribution in [0, 0.1) is 17.8 Å². The Hall–Kier alpha value is -1.04. The summed E-state index contributed by atoms with van der Waals surface area (Å²) in [4.78, 5) is 11.2. The third kappa shape index (κ3) is 2.57. The topological polar surface area (TPSA) is 46.5 Å². The number of hydrogen-bond acceptors (Lipinski definition) is 3. The summed E-state index contributed by atoms with van der Waals surface area (Å²) in [6, 6.07) is 0. The van der Waals surface area contributed by atoms with Crippen molar-refractivity contribution in [3.05, 3.63) is 12.2 Å². The zero-order valence-corrected chi connectivity index (χ0v) is 11.4. The molecule has 0 heterocycles. The van der Waals surface area contributed by atoms with Crippen LogP contribution in [0.2, 0.25) is 0 Å². The van der Waals surface area contributed by atoms with Crippen molar-refractivity contribution in [1.82, 2.24) is 0 Å². The molecule has 3 nitrogen and oxygen atoms in total. The van der Waals surface area contributed by atoms with Gasteiger partial charge in [-0.25, -0.2) is 4.79 Å². The van der Waals surface area contributed by atoms with E-state index in [0.717, 1.165) is 0 Å². The zero-order valence-electron chi connectivity index (χ0n) is 11.4. The molecule has 20 heavy (non-hydrogen) atoms.